The topological polar surface area (TPSA) is 66.4 Å². The largest absolute Gasteiger partial charge is 0.342 e. The first kappa shape index (κ1) is 17.4. The molecule has 2 aromatic heterocycles. The van der Waals surface area contributed by atoms with Gasteiger partial charge in [0.1, 0.15) is 6.54 Å². The fourth-order valence-corrected chi connectivity index (χ4v) is 3.97. The molecule has 2 amide bonds. The van der Waals surface area contributed by atoms with Crippen LogP contribution in [0, 0.1) is 0 Å². The Balaban J connectivity index is 1.73. The lowest BCUT2D eigenvalue weighted by atomic mass is 10.1. The van der Waals surface area contributed by atoms with Crippen molar-refractivity contribution in [2.24, 2.45) is 0 Å². The summed E-state index contributed by atoms with van der Waals surface area (Å²) in [5.41, 5.74) is 2.45. The number of carbonyl (C=O) groups is 2. The minimum Gasteiger partial charge on any atom is -0.342 e. The average molecular weight is 378 g/mol. The summed E-state index contributed by atoms with van der Waals surface area (Å²) >= 11 is 1.32. The molecule has 0 radical (unpaired) electrons. The number of thiazole rings is 1. The molecule has 0 N–H and O–H groups in total. The summed E-state index contributed by atoms with van der Waals surface area (Å²) in [7, 11) is 1.75. The predicted molar refractivity (Wildman–Crippen MR) is 104 cm³/mol. The van der Waals surface area contributed by atoms with Crippen molar-refractivity contribution < 1.29 is 9.59 Å². The minimum absolute atomic E-state index is 0.0561. The second kappa shape index (κ2) is 7.28. The van der Waals surface area contributed by atoms with Gasteiger partial charge < -0.3 is 9.80 Å². The van der Waals surface area contributed by atoms with Crippen LogP contribution < -0.4 is 0 Å². The van der Waals surface area contributed by atoms with Gasteiger partial charge in [0.25, 0.3) is 5.91 Å². The van der Waals surface area contributed by atoms with Crippen molar-refractivity contribution in [2.75, 3.05) is 26.7 Å². The van der Waals surface area contributed by atoms with Crippen LogP contribution in [-0.2, 0) is 4.79 Å². The van der Waals surface area contributed by atoms with E-state index in [1.807, 2.05) is 48.5 Å². The third-order valence-electron chi connectivity index (χ3n) is 4.50. The van der Waals surface area contributed by atoms with Crippen LogP contribution in [0.2, 0.25) is 0 Å². The number of rotatable bonds is 3. The van der Waals surface area contributed by atoms with E-state index in [2.05, 4.69) is 9.97 Å². The van der Waals surface area contributed by atoms with E-state index in [9.17, 15) is 9.59 Å². The van der Waals surface area contributed by atoms with Gasteiger partial charge in [-0.15, -0.1) is 11.3 Å². The summed E-state index contributed by atoms with van der Waals surface area (Å²) in [5.74, 6) is -0.264. The number of hydrogen-bond acceptors (Lipinski definition) is 5. The number of amides is 2. The van der Waals surface area contributed by atoms with Gasteiger partial charge in [-0.25, -0.2) is 4.98 Å². The highest BCUT2D eigenvalue weighted by Crippen LogP contribution is 2.36. The van der Waals surface area contributed by atoms with Crippen molar-refractivity contribution in [3.05, 3.63) is 59.7 Å². The van der Waals surface area contributed by atoms with E-state index >= 15 is 0 Å². The van der Waals surface area contributed by atoms with E-state index in [4.69, 9.17) is 0 Å². The highest BCUT2D eigenvalue weighted by atomic mass is 32.1. The van der Waals surface area contributed by atoms with Crippen LogP contribution in [0.1, 0.15) is 9.80 Å². The van der Waals surface area contributed by atoms with Crippen LogP contribution in [0.4, 0.5) is 0 Å². The summed E-state index contributed by atoms with van der Waals surface area (Å²) in [6.45, 7) is 1.14. The summed E-state index contributed by atoms with van der Waals surface area (Å²) in [6.07, 6.45) is 1.73. The number of piperazine rings is 1. The van der Waals surface area contributed by atoms with Gasteiger partial charge in [0.2, 0.25) is 5.91 Å². The van der Waals surface area contributed by atoms with E-state index < -0.39 is 0 Å². The van der Waals surface area contributed by atoms with Crippen molar-refractivity contribution in [3.8, 4) is 21.8 Å². The third-order valence-corrected chi connectivity index (χ3v) is 5.57. The molecule has 7 heteroatoms. The molecule has 1 fully saturated rings. The molecule has 0 atom stereocenters. The van der Waals surface area contributed by atoms with Crippen LogP contribution in [0.15, 0.2) is 54.7 Å². The van der Waals surface area contributed by atoms with E-state index in [1.54, 1.807) is 23.0 Å². The van der Waals surface area contributed by atoms with E-state index in [0.717, 1.165) is 21.8 Å². The summed E-state index contributed by atoms with van der Waals surface area (Å²) in [6, 6.07) is 15.4. The zero-order valence-corrected chi connectivity index (χ0v) is 15.6. The molecule has 0 unspecified atom stereocenters. The van der Waals surface area contributed by atoms with Crippen molar-refractivity contribution in [3.63, 3.8) is 0 Å². The second-order valence-corrected chi connectivity index (χ2v) is 7.32. The van der Waals surface area contributed by atoms with E-state index in [-0.39, 0.29) is 18.4 Å². The van der Waals surface area contributed by atoms with Gasteiger partial charge in [0.05, 0.1) is 16.3 Å². The van der Waals surface area contributed by atoms with Gasteiger partial charge in [-0.1, -0.05) is 36.4 Å². The smallest absolute Gasteiger partial charge is 0.283 e. The van der Waals surface area contributed by atoms with Gasteiger partial charge >= 0.3 is 0 Å². The van der Waals surface area contributed by atoms with Gasteiger partial charge in [-0.05, 0) is 12.1 Å². The Morgan fingerprint density at radius 2 is 1.85 bits per heavy atom. The third kappa shape index (κ3) is 3.46. The highest BCUT2D eigenvalue weighted by Gasteiger charge is 2.29. The molecule has 1 aromatic carbocycles. The number of pyridine rings is 1. The Labute approximate surface area is 161 Å². The summed E-state index contributed by atoms with van der Waals surface area (Å²) in [4.78, 5) is 38.0. The summed E-state index contributed by atoms with van der Waals surface area (Å²) in [5, 5.41) is 0.381. The zero-order chi connectivity index (χ0) is 18.8. The van der Waals surface area contributed by atoms with Gasteiger partial charge in [-0.2, -0.15) is 0 Å². The maximum absolute atomic E-state index is 13.0. The Hall–Kier alpha value is -3.06. The SMILES string of the molecule is CN1CCN(C(=O)c2nc(-c3ccccc3)c(-c3ccccn3)s2)CC1=O. The number of carbonyl (C=O) groups excluding carboxylic acids is 2. The number of aromatic nitrogens is 2. The first-order valence-electron chi connectivity index (χ1n) is 8.64. The standard InChI is InChI=1S/C20H18N4O2S/c1-23-11-12-24(13-16(23)25)20(26)19-22-17(14-7-3-2-4-8-14)18(27-19)15-9-5-6-10-21-15/h2-10H,11-13H2,1H3. The maximum Gasteiger partial charge on any atom is 0.283 e. The molecule has 3 heterocycles. The number of likely N-dealkylation sites (N-methyl/N-ethyl adjacent to an activating group) is 1. The lowest BCUT2D eigenvalue weighted by Crippen LogP contribution is -2.50. The molecule has 1 aliphatic heterocycles. The van der Waals surface area contributed by atoms with E-state index in [0.29, 0.717) is 18.1 Å². The van der Waals surface area contributed by atoms with Crippen molar-refractivity contribution >= 4 is 23.2 Å². The molecule has 0 saturated carbocycles. The van der Waals surface area contributed by atoms with Crippen LogP contribution in [0.3, 0.4) is 0 Å². The van der Waals surface area contributed by atoms with Crippen molar-refractivity contribution in [2.45, 2.75) is 0 Å². The lowest BCUT2D eigenvalue weighted by Gasteiger charge is -2.31. The summed E-state index contributed by atoms with van der Waals surface area (Å²) < 4.78 is 0. The molecule has 0 aliphatic carbocycles. The minimum atomic E-state index is -0.208. The van der Waals surface area contributed by atoms with Gasteiger partial charge in [-0.3, -0.25) is 14.6 Å². The molecular formula is C20H18N4O2S. The Morgan fingerprint density at radius 3 is 2.56 bits per heavy atom. The van der Waals surface area contributed by atoms with Crippen LogP contribution in [0.25, 0.3) is 21.8 Å². The van der Waals surface area contributed by atoms with Crippen LogP contribution >= 0.6 is 11.3 Å². The molecule has 1 saturated heterocycles. The number of nitrogens with zero attached hydrogens (tertiary/aromatic N) is 4. The quantitative estimate of drug-likeness (QED) is 0.703. The molecule has 0 spiro atoms. The van der Waals surface area contributed by atoms with Crippen LogP contribution in [0.5, 0.6) is 0 Å². The molecule has 0 bridgehead atoms. The normalized spacial score (nSPS) is 14.5. The Kier molecular flexibility index (Phi) is 4.68. The molecule has 27 heavy (non-hydrogen) atoms. The number of hydrogen-bond donors (Lipinski definition) is 0. The molecule has 6 nitrogen and oxygen atoms in total. The first-order valence-corrected chi connectivity index (χ1v) is 9.46. The predicted octanol–water partition coefficient (Wildman–Crippen LogP) is 2.79. The second-order valence-electron chi connectivity index (χ2n) is 6.32. The Bertz CT molecular complexity index is 915. The average Bonchev–Trinajstić information content (AvgIpc) is 3.16. The Morgan fingerprint density at radius 1 is 1.07 bits per heavy atom. The molecule has 1 aliphatic rings. The van der Waals surface area contributed by atoms with Gasteiger partial charge in [0, 0.05) is 31.9 Å². The van der Waals surface area contributed by atoms with Crippen LogP contribution in [-0.4, -0.2) is 58.3 Å². The van der Waals surface area contributed by atoms with Crippen molar-refractivity contribution in [1.82, 2.24) is 19.8 Å². The van der Waals surface area contributed by atoms with Crippen molar-refractivity contribution in [1.29, 1.82) is 0 Å². The number of benzene rings is 1. The lowest BCUT2D eigenvalue weighted by molar-refractivity contribution is -0.133. The fraction of sp³-hybridized carbons (Fsp3) is 0.200. The zero-order valence-electron chi connectivity index (χ0n) is 14.8. The molecule has 3 aromatic rings. The monoisotopic (exact) mass is 378 g/mol. The van der Waals surface area contributed by atoms with E-state index in [1.165, 1.54) is 11.3 Å². The highest BCUT2D eigenvalue weighted by molar-refractivity contribution is 7.17. The molecule has 4 rings (SSSR count). The first-order chi connectivity index (χ1) is 13.1. The molecule has 136 valence electrons. The van der Waals surface area contributed by atoms with Gasteiger partial charge in [0.15, 0.2) is 5.01 Å². The fourth-order valence-electron chi connectivity index (χ4n) is 2.94. The molecular weight excluding hydrogens is 360 g/mol. The maximum atomic E-state index is 13.0.